The molecule has 0 atom stereocenters. The molecule has 0 saturated carbocycles. The van der Waals surface area contributed by atoms with Crippen molar-refractivity contribution >= 4 is 27.9 Å². The minimum Gasteiger partial charge on any atom is -0.380 e. The number of hydrogen-bond acceptors (Lipinski definition) is 3. The maximum Gasteiger partial charge on any atom is 0.0725 e. The van der Waals surface area contributed by atoms with Gasteiger partial charge in [-0.25, -0.2) is 0 Å². The van der Waals surface area contributed by atoms with Crippen molar-refractivity contribution in [3.63, 3.8) is 0 Å². The van der Waals surface area contributed by atoms with Crippen molar-refractivity contribution in [1.82, 2.24) is 4.98 Å². The Hall–Kier alpha value is -1.87. The number of anilines is 1. The molecule has 4 rings (SSSR count). The Morgan fingerprint density at radius 2 is 2.10 bits per heavy atom. The Labute approximate surface area is 128 Å². The van der Waals surface area contributed by atoms with E-state index in [2.05, 4.69) is 47.6 Å². The van der Waals surface area contributed by atoms with Gasteiger partial charge in [0.15, 0.2) is 0 Å². The van der Waals surface area contributed by atoms with E-state index in [9.17, 15) is 0 Å². The highest BCUT2D eigenvalue weighted by atomic mass is 32.1. The van der Waals surface area contributed by atoms with Crippen molar-refractivity contribution in [2.24, 2.45) is 0 Å². The lowest BCUT2D eigenvalue weighted by molar-refractivity contribution is 0.913. The van der Waals surface area contributed by atoms with E-state index in [-0.39, 0.29) is 0 Å². The highest BCUT2D eigenvalue weighted by molar-refractivity contribution is 7.12. The monoisotopic (exact) mass is 294 g/mol. The number of rotatable bonds is 3. The normalized spacial score (nSPS) is 13.6. The zero-order valence-electron chi connectivity index (χ0n) is 12.1. The molecule has 3 aromatic rings. The topological polar surface area (TPSA) is 24.9 Å². The molecule has 0 fully saturated rings. The first-order valence-electron chi connectivity index (χ1n) is 7.50. The number of aryl methyl sites for hydroxylation is 3. The Morgan fingerprint density at radius 1 is 1.19 bits per heavy atom. The van der Waals surface area contributed by atoms with Crippen molar-refractivity contribution in [3.05, 3.63) is 57.4 Å². The van der Waals surface area contributed by atoms with Crippen LogP contribution in [0, 0.1) is 6.92 Å². The van der Waals surface area contributed by atoms with Gasteiger partial charge in [0.05, 0.1) is 5.52 Å². The molecule has 0 aliphatic heterocycles. The Bertz CT molecular complexity index is 783. The summed E-state index contributed by atoms with van der Waals surface area (Å²) >= 11 is 1.97. The molecule has 0 radical (unpaired) electrons. The summed E-state index contributed by atoms with van der Waals surface area (Å²) in [6.45, 7) is 2.96. The summed E-state index contributed by atoms with van der Waals surface area (Å²) in [5, 5.41) is 4.81. The number of thiophene rings is 1. The van der Waals surface area contributed by atoms with Crippen LogP contribution in [0.2, 0.25) is 0 Å². The molecule has 0 saturated heterocycles. The van der Waals surface area contributed by atoms with E-state index in [0.717, 1.165) is 17.8 Å². The molecule has 0 bridgehead atoms. The quantitative estimate of drug-likeness (QED) is 0.757. The average molecular weight is 294 g/mol. The molecule has 106 valence electrons. The minimum atomic E-state index is 0.908. The van der Waals surface area contributed by atoms with Gasteiger partial charge in [-0.2, -0.15) is 0 Å². The second kappa shape index (κ2) is 5.15. The number of para-hydroxylation sites is 1. The van der Waals surface area contributed by atoms with Crippen LogP contribution in [0.25, 0.3) is 10.9 Å². The Balaban J connectivity index is 1.61. The summed E-state index contributed by atoms with van der Waals surface area (Å²) in [6, 6.07) is 12.9. The summed E-state index contributed by atoms with van der Waals surface area (Å²) in [6.07, 6.45) is 3.88. The number of hydrogen-bond donors (Lipinski definition) is 1. The third kappa shape index (κ3) is 2.42. The molecule has 2 aromatic heterocycles. The van der Waals surface area contributed by atoms with E-state index in [1.807, 2.05) is 17.4 Å². The molecule has 2 heterocycles. The van der Waals surface area contributed by atoms with Crippen molar-refractivity contribution in [2.45, 2.75) is 32.7 Å². The number of pyridine rings is 1. The van der Waals surface area contributed by atoms with Crippen LogP contribution in [0.1, 0.15) is 27.4 Å². The smallest absolute Gasteiger partial charge is 0.0725 e. The van der Waals surface area contributed by atoms with Crippen LogP contribution in [-0.4, -0.2) is 4.98 Å². The molecule has 1 N–H and O–H groups in total. The van der Waals surface area contributed by atoms with Gasteiger partial charge in [-0.15, -0.1) is 11.3 Å². The molecular formula is C18H18N2S. The zero-order chi connectivity index (χ0) is 14.2. The van der Waals surface area contributed by atoms with E-state index in [1.54, 1.807) is 10.4 Å². The van der Waals surface area contributed by atoms with Gasteiger partial charge in [-0.05, 0) is 49.9 Å². The largest absolute Gasteiger partial charge is 0.380 e. The van der Waals surface area contributed by atoms with E-state index in [4.69, 9.17) is 0 Å². The van der Waals surface area contributed by atoms with E-state index in [0.29, 0.717) is 0 Å². The van der Waals surface area contributed by atoms with Gasteiger partial charge in [0.2, 0.25) is 0 Å². The van der Waals surface area contributed by atoms with Crippen molar-refractivity contribution in [1.29, 1.82) is 0 Å². The lowest BCUT2D eigenvalue weighted by Crippen LogP contribution is -2.00. The lowest BCUT2D eigenvalue weighted by Gasteiger charge is -2.10. The van der Waals surface area contributed by atoms with Crippen LogP contribution in [0.15, 0.2) is 36.4 Å². The van der Waals surface area contributed by atoms with Crippen LogP contribution >= 0.6 is 11.3 Å². The lowest BCUT2D eigenvalue weighted by atomic mass is 10.1. The number of benzene rings is 1. The Morgan fingerprint density at radius 3 is 3.00 bits per heavy atom. The van der Waals surface area contributed by atoms with Crippen LogP contribution in [0.5, 0.6) is 0 Å². The summed E-state index contributed by atoms with van der Waals surface area (Å²) < 4.78 is 0. The summed E-state index contributed by atoms with van der Waals surface area (Å²) in [5.41, 5.74) is 4.89. The summed E-state index contributed by atoms with van der Waals surface area (Å²) in [5.74, 6) is 0. The van der Waals surface area contributed by atoms with Gasteiger partial charge >= 0.3 is 0 Å². The zero-order valence-corrected chi connectivity index (χ0v) is 13.0. The molecule has 1 aliphatic carbocycles. The van der Waals surface area contributed by atoms with E-state index in [1.165, 1.54) is 35.2 Å². The maximum atomic E-state index is 4.59. The second-order valence-corrected chi connectivity index (χ2v) is 6.92. The first-order chi connectivity index (χ1) is 10.3. The first-order valence-corrected chi connectivity index (χ1v) is 8.32. The van der Waals surface area contributed by atoms with Crippen LogP contribution < -0.4 is 5.32 Å². The van der Waals surface area contributed by atoms with Gasteiger partial charge in [0.25, 0.3) is 0 Å². The van der Waals surface area contributed by atoms with Crippen LogP contribution in [0.4, 0.5) is 5.69 Å². The summed E-state index contributed by atoms with van der Waals surface area (Å²) in [4.78, 5) is 7.64. The number of nitrogens with zero attached hydrogens (tertiary/aromatic N) is 1. The van der Waals surface area contributed by atoms with Crippen molar-refractivity contribution in [2.75, 3.05) is 5.32 Å². The fraction of sp³-hybridized carbons (Fsp3) is 0.278. The van der Waals surface area contributed by atoms with Gasteiger partial charge in [-0.3, -0.25) is 4.98 Å². The van der Waals surface area contributed by atoms with Gasteiger partial charge in [0, 0.05) is 33.1 Å². The third-order valence-electron chi connectivity index (χ3n) is 4.09. The SMILES string of the molecule is Cc1cc(NCc2cc3c(s2)CCC3)c2ccccc2n1. The molecule has 0 amide bonds. The fourth-order valence-electron chi connectivity index (χ4n) is 3.11. The number of nitrogens with one attached hydrogen (secondary N) is 1. The van der Waals surface area contributed by atoms with Gasteiger partial charge in [0.1, 0.15) is 0 Å². The third-order valence-corrected chi connectivity index (χ3v) is 5.33. The highest BCUT2D eigenvalue weighted by Crippen LogP contribution is 2.31. The molecule has 1 aromatic carbocycles. The van der Waals surface area contributed by atoms with Crippen molar-refractivity contribution in [3.8, 4) is 0 Å². The number of fused-ring (bicyclic) bond motifs is 2. The molecule has 1 aliphatic rings. The van der Waals surface area contributed by atoms with Gasteiger partial charge < -0.3 is 5.32 Å². The van der Waals surface area contributed by atoms with E-state index >= 15 is 0 Å². The average Bonchev–Trinajstić information content (AvgIpc) is 3.05. The van der Waals surface area contributed by atoms with E-state index < -0.39 is 0 Å². The predicted octanol–water partition coefficient (Wildman–Crippen LogP) is 4.71. The number of aromatic nitrogens is 1. The standard InChI is InChI=1S/C18H18N2S/c1-12-9-17(15-6-2-3-7-16(15)20-12)19-11-14-10-13-5-4-8-18(13)21-14/h2-3,6-7,9-10H,4-5,8,11H2,1H3,(H,19,20). The minimum absolute atomic E-state index is 0.908. The van der Waals surface area contributed by atoms with Crippen molar-refractivity contribution < 1.29 is 0 Å². The summed E-state index contributed by atoms with van der Waals surface area (Å²) in [7, 11) is 0. The molecule has 3 heteroatoms. The second-order valence-electron chi connectivity index (χ2n) is 5.70. The molecule has 0 spiro atoms. The Kier molecular flexibility index (Phi) is 3.15. The molecular weight excluding hydrogens is 276 g/mol. The van der Waals surface area contributed by atoms with Crippen LogP contribution in [-0.2, 0) is 19.4 Å². The molecule has 21 heavy (non-hydrogen) atoms. The first kappa shape index (κ1) is 12.8. The van der Waals surface area contributed by atoms with Crippen LogP contribution in [0.3, 0.4) is 0 Å². The highest BCUT2D eigenvalue weighted by Gasteiger charge is 2.14. The predicted molar refractivity (Wildman–Crippen MR) is 90.2 cm³/mol. The fourth-order valence-corrected chi connectivity index (χ4v) is 4.31. The maximum absolute atomic E-state index is 4.59. The molecule has 2 nitrogen and oxygen atoms in total. The molecule has 0 unspecified atom stereocenters. The van der Waals surface area contributed by atoms with Gasteiger partial charge in [-0.1, -0.05) is 18.2 Å².